The zero-order chi connectivity index (χ0) is 15.5. The second kappa shape index (κ2) is 6.53. The maximum absolute atomic E-state index is 12.8. The summed E-state index contributed by atoms with van der Waals surface area (Å²) in [5.74, 6) is 0.00609. The SMILES string of the molecule is Cc1nn(-c2ccccc2)c(Cl)c1C(=O)N1CCCCCC1. The number of carbonyl (C=O) groups excluding carboxylic acids is 1. The molecule has 1 fully saturated rings. The van der Waals surface area contributed by atoms with Crippen LogP contribution in [0, 0.1) is 6.92 Å². The van der Waals surface area contributed by atoms with Crippen LogP contribution in [0.2, 0.25) is 5.15 Å². The van der Waals surface area contributed by atoms with Gasteiger partial charge in [-0.2, -0.15) is 5.10 Å². The molecule has 1 aliphatic rings. The molecule has 1 aromatic heterocycles. The molecule has 0 aliphatic carbocycles. The van der Waals surface area contributed by atoms with E-state index in [0.29, 0.717) is 16.4 Å². The van der Waals surface area contributed by atoms with Gasteiger partial charge in [0.25, 0.3) is 5.91 Å². The summed E-state index contributed by atoms with van der Waals surface area (Å²) < 4.78 is 1.64. The van der Waals surface area contributed by atoms with Crippen molar-refractivity contribution in [3.63, 3.8) is 0 Å². The highest BCUT2D eigenvalue weighted by atomic mass is 35.5. The second-order valence-corrected chi connectivity index (χ2v) is 6.06. The van der Waals surface area contributed by atoms with Gasteiger partial charge >= 0.3 is 0 Å². The van der Waals surface area contributed by atoms with Crippen molar-refractivity contribution in [1.29, 1.82) is 0 Å². The minimum absolute atomic E-state index is 0.00609. The fourth-order valence-corrected chi connectivity index (χ4v) is 3.27. The van der Waals surface area contributed by atoms with Gasteiger partial charge in [0.1, 0.15) is 5.15 Å². The van der Waals surface area contributed by atoms with Crippen molar-refractivity contribution in [1.82, 2.24) is 14.7 Å². The van der Waals surface area contributed by atoms with Crippen LogP contribution in [0.4, 0.5) is 0 Å². The van der Waals surface area contributed by atoms with Crippen molar-refractivity contribution in [2.75, 3.05) is 13.1 Å². The Morgan fingerprint density at radius 1 is 1.09 bits per heavy atom. The third kappa shape index (κ3) is 2.88. The molecular weight excluding hydrogens is 298 g/mol. The average molecular weight is 318 g/mol. The number of carbonyl (C=O) groups is 1. The zero-order valence-corrected chi connectivity index (χ0v) is 13.5. The number of benzene rings is 1. The Morgan fingerprint density at radius 2 is 1.73 bits per heavy atom. The normalized spacial score (nSPS) is 15.6. The molecule has 1 aromatic carbocycles. The Kier molecular flexibility index (Phi) is 4.48. The lowest BCUT2D eigenvalue weighted by Gasteiger charge is -2.20. The van der Waals surface area contributed by atoms with Crippen LogP contribution in [0.5, 0.6) is 0 Å². The number of rotatable bonds is 2. The molecule has 0 atom stereocenters. The number of nitrogens with zero attached hydrogens (tertiary/aromatic N) is 3. The predicted octanol–water partition coefficient (Wildman–Crippen LogP) is 3.85. The molecule has 2 heterocycles. The van der Waals surface area contributed by atoms with Crippen LogP contribution < -0.4 is 0 Å². The lowest BCUT2D eigenvalue weighted by molar-refractivity contribution is 0.0761. The summed E-state index contributed by atoms with van der Waals surface area (Å²) in [7, 11) is 0. The van der Waals surface area contributed by atoms with Crippen molar-refractivity contribution >= 4 is 17.5 Å². The highest BCUT2D eigenvalue weighted by Gasteiger charge is 2.25. The van der Waals surface area contributed by atoms with Crippen LogP contribution in [-0.2, 0) is 0 Å². The second-order valence-electron chi connectivity index (χ2n) is 5.70. The zero-order valence-electron chi connectivity index (χ0n) is 12.8. The van der Waals surface area contributed by atoms with Crippen molar-refractivity contribution in [2.45, 2.75) is 32.6 Å². The van der Waals surface area contributed by atoms with E-state index in [2.05, 4.69) is 5.10 Å². The number of hydrogen-bond donors (Lipinski definition) is 0. The monoisotopic (exact) mass is 317 g/mol. The van der Waals surface area contributed by atoms with Crippen LogP contribution in [0.25, 0.3) is 5.69 Å². The molecule has 1 amide bonds. The van der Waals surface area contributed by atoms with Gasteiger partial charge in [-0.15, -0.1) is 0 Å². The van der Waals surface area contributed by atoms with Gasteiger partial charge in [-0.3, -0.25) is 4.79 Å². The smallest absolute Gasteiger partial charge is 0.258 e. The van der Waals surface area contributed by atoms with E-state index in [9.17, 15) is 4.79 Å². The molecule has 0 unspecified atom stereocenters. The van der Waals surface area contributed by atoms with Crippen molar-refractivity contribution in [2.24, 2.45) is 0 Å². The van der Waals surface area contributed by atoms with E-state index in [1.54, 1.807) is 4.68 Å². The molecule has 3 rings (SSSR count). The molecular formula is C17H20ClN3O. The Labute approximate surface area is 135 Å². The molecule has 22 heavy (non-hydrogen) atoms. The number of likely N-dealkylation sites (tertiary alicyclic amines) is 1. The first kappa shape index (κ1) is 15.1. The van der Waals surface area contributed by atoms with Crippen LogP contribution >= 0.6 is 11.6 Å². The number of aryl methyl sites for hydroxylation is 1. The van der Waals surface area contributed by atoms with Gasteiger partial charge in [-0.1, -0.05) is 42.6 Å². The predicted molar refractivity (Wildman–Crippen MR) is 87.7 cm³/mol. The van der Waals surface area contributed by atoms with E-state index >= 15 is 0 Å². The molecule has 2 aromatic rings. The van der Waals surface area contributed by atoms with Crippen LogP contribution in [0.3, 0.4) is 0 Å². The van der Waals surface area contributed by atoms with Crippen LogP contribution in [0.1, 0.15) is 41.7 Å². The lowest BCUT2D eigenvalue weighted by atomic mass is 10.2. The Balaban J connectivity index is 1.94. The summed E-state index contributed by atoms with van der Waals surface area (Å²) in [6.07, 6.45) is 4.52. The molecule has 5 heteroatoms. The highest BCUT2D eigenvalue weighted by Crippen LogP contribution is 2.25. The third-order valence-electron chi connectivity index (χ3n) is 4.11. The molecule has 0 N–H and O–H groups in total. The molecule has 0 spiro atoms. The number of amides is 1. The van der Waals surface area contributed by atoms with Crippen LogP contribution in [-0.4, -0.2) is 33.7 Å². The quantitative estimate of drug-likeness (QED) is 0.843. The average Bonchev–Trinajstić information content (AvgIpc) is 2.73. The van der Waals surface area contributed by atoms with E-state index in [-0.39, 0.29) is 5.91 Å². The Hall–Kier alpha value is -1.81. The lowest BCUT2D eigenvalue weighted by Crippen LogP contribution is -2.32. The molecule has 0 bridgehead atoms. The van der Waals surface area contributed by atoms with Gasteiger partial charge in [0, 0.05) is 13.1 Å². The maximum atomic E-state index is 12.8. The van der Waals surface area contributed by atoms with Gasteiger partial charge in [0.05, 0.1) is 16.9 Å². The topological polar surface area (TPSA) is 38.1 Å². The fraction of sp³-hybridized carbons (Fsp3) is 0.412. The van der Waals surface area contributed by atoms with Gasteiger partial charge in [0.2, 0.25) is 0 Å². The summed E-state index contributed by atoms with van der Waals surface area (Å²) in [6.45, 7) is 3.46. The minimum atomic E-state index is 0.00609. The van der Waals surface area contributed by atoms with Crippen molar-refractivity contribution in [3.8, 4) is 5.69 Å². The first-order valence-electron chi connectivity index (χ1n) is 7.78. The summed E-state index contributed by atoms with van der Waals surface area (Å²) in [5.41, 5.74) is 2.08. The van der Waals surface area contributed by atoms with E-state index < -0.39 is 0 Å². The fourth-order valence-electron chi connectivity index (χ4n) is 2.91. The standard InChI is InChI=1S/C17H20ClN3O/c1-13-15(17(22)20-11-7-2-3-8-12-20)16(18)21(19-13)14-9-5-4-6-10-14/h4-6,9-10H,2-3,7-8,11-12H2,1H3. The van der Waals surface area contributed by atoms with Crippen molar-refractivity contribution < 1.29 is 4.79 Å². The molecule has 4 nitrogen and oxygen atoms in total. The summed E-state index contributed by atoms with van der Waals surface area (Å²) in [6, 6.07) is 9.66. The van der Waals surface area contributed by atoms with Crippen LogP contribution in [0.15, 0.2) is 30.3 Å². The Morgan fingerprint density at radius 3 is 2.36 bits per heavy atom. The largest absolute Gasteiger partial charge is 0.338 e. The summed E-state index contributed by atoms with van der Waals surface area (Å²) in [4.78, 5) is 14.7. The number of halogens is 1. The summed E-state index contributed by atoms with van der Waals surface area (Å²) >= 11 is 6.47. The van der Waals surface area contributed by atoms with Gasteiger partial charge < -0.3 is 4.90 Å². The number of para-hydroxylation sites is 1. The minimum Gasteiger partial charge on any atom is -0.338 e. The summed E-state index contributed by atoms with van der Waals surface area (Å²) in [5, 5.41) is 4.86. The molecule has 116 valence electrons. The van der Waals surface area contributed by atoms with Gasteiger partial charge in [-0.05, 0) is 31.9 Å². The third-order valence-corrected chi connectivity index (χ3v) is 4.46. The molecule has 0 saturated carbocycles. The molecule has 1 aliphatic heterocycles. The first-order valence-corrected chi connectivity index (χ1v) is 8.16. The van der Waals surface area contributed by atoms with E-state index in [1.807, 2.05) is 42.2 Å². The van der Waals surface area contributed by atoms with E-state index in [1.165, 1.54) is 12.8 Å². The highest BCUT2D eigenvalue weighted by molar-refractivity contribution is 6.33. The first-order chi connectivity index (χ1) is 10.7. The van der Waals surface area contributed by atoms with Gasteiger partial charge in [0.15, 0.2) is 0 Å². The van der Waals surface area contributed by atoms with Gasteiger partial charge in [-0.25, -0.2) is 4.68 Å². The molecule has 0 radical (unpaired) electrons. The van der Waals surface area contributed by atoms with Crippen molar-refractivity contribution in [3.05, 3.63) is 46.7 Å². The van der Waals surface area contributed by atoms with E-state index in [4.69, 9.17) is 11.6 Å². The van der Waals surface area contributed by atoms with E-state index in [0.717, 1.165) is 31.6 Å². The Bertz CT molecular complexity index is 658. The number of aromatic nitrogens is 2. The molecule has 1 saturated heterocycles. The number of hydrogen-bond acceptors (Lipinski definition) is 2. The maximum Gasteiger partial charge on any atom is 0.258 e.